The number of hydrogen-bond donors (Lipinski definition) is 1. The van der Waals surface area contributed by atoms with Crippen molar-refractivity contribution >= 4 is 28.3 Å². The van der Waals surface area contributed by atoms with Crippen molar-refractivity contribution in [3.05, 3.63) is 59.0 Å². The Morgan fingerprint density at radius 1 is 1.19 bits per heavy atom. The predicted octanol–water partition coefficient (Wildman–Crippen LogP) is 5.06. The van der Waals surface area contributed by atoms with Gasteiger partial charge >= 0.3 is 0 Å². The van der Waals surface area contributed by atoms with Crippen LogP contribution in [0.3, 0.4) is 0 Å². The molecule has 0 unspecified atom stereocenters. The van der Waals surface area contributed by atoms with E-state index in [1.165, 1.54) is 0 Å². The van der Waals surface area contributed by atoms with E-state index in [1.807, 2.05) is 68.6 Å². The number of fused-ring (bicyclic) bond motifs is 1. The molecule has 0 fully saturated rings. The van der Waals surface area contributed by atoms with Gasteiger partial charge in [-0.1, -0.05) is 41.1 Å². The SMILES string of the molecule is Cc1ccc(-c2noc3nc(-c4cccs4)cc(C(=O)NC(C)C)c23)cc1. The van der Waals surface area contributed by atoms with E-state index in [0.717, 1.165) is 16.0 Å². The maximum atomic E-state index is 12.9. The second kappa shape index (κ2) is 6.96. The summed E-state index contributed by atoms with van der Waals surface area (Å²) < 4.78 is 5.53. The van der Waals surface area contributed by atoms with E-state index >= 15 is 0 Å². The lowest BCUT2D eigenvalue weighted by Gasteiger charge is -2.10. The normalized spacial score (nSPS) is 11.3. The van der Waals surface area contributed by atoms with Crippen LogP contribution in [0.4, 0.5) is 0 Å². The van der Waals surface area contributed by atoms with Gasteiger partial charge in [-0.15, -0.1) is 11.3 Å². The average molecular weight is 377 g/mol. The largest absolute Gasteiger partial charge is 0.350 e. The molecule has 0 aliphatic heterocycles. The number of aromatic nitrogens is 2. The van der Waals surface area contributed by atoms with E-state index in [4.69, 9.17) is 4.52 Å². The van der Waals surface area contributed by atoms with Crippen molar-refractivity contribution in [3.63, 3.8) is 0 Å². The molecule has 136 valence electrons. The highest BCUT2D eigenvalue weighted by Gasteiger charge is 2.22. The van der Waals surface area contributed by atoms with Crippen LogP contribution in [0, 0.1) is 6.92 Å². The van der Waals surface area contributed by atoms with Crippen LogP contribution in [-0.2, 0) is 0 Å². The summed E-state index contributed by atoms with van der Waals surface area (Å²) in [6.07, 6.45) is 0. The lowest BCUT2D eigenvalue weighted by Crippen LogP contribution is -2.30. The zero-order valence-corrected chi connectivity index (χ0v) is 16.1. The van der Waals surface area contributed by atoms with E-state index < -0.39 is 0 Å². The van der Waals surface area contributed by atoms with E-state index in [1.54, 1.807) is 11.3 Å². The summed E-state index contributed by atoms with van der Waals surface area (Å²) >= 11 is 1.57. The lowest BCUT2D eigenvalue weighted by molar-refractivity contribution is 0.0944. The molecular formula is C21H19N3O2S. The second-order valence-electron chi connectivity index (χ2n) is 6.74. The van der Waals surface area contributed by atoms with E-state index in [9.17, 15) is 4.79 Å². The Labute approximate surface area is 161 Å². The Kier molecular flexibility index (Phi) is 4.49. The molecule has 0 bridgehead atoms. The summed E-state index contributed by atoms with van der Waals surface area (Å²) in [5.41, 5.74) is 4.27. The summed E-state index contributed by atoms with van der Waals surface area (Å²) in [5, 5.41) is 9.81. The number of aryl methyl sites for hydroxylation is 1. The summed E-state index contributed by atoms with van der Waals surface area (Å²) in [6, 6.07) is 13.7. The number of amides is 1. The maximum absolute atomic E-state index is 12.9. The van der Waals surface area contributed by atoms with Gasteiger partial charge in [0.1, 0.15) is 5.69 Å². The predicted molar refractivity (Wildman–Crippen MR) is 108 cm³/mol. The van der Waals surface area contributed by atoms with Gasteiger partial charge in [-0.2, -0.15) is 0 Å². The number of hydrogen-bond acceptors (Lipinski definition) is 5. The Morgan fingerprint density at radius 2 is 1.96 bits per heavy atom. The van der Waals surface area contributed by atoms with Crippen LogP contribution in [0.2, 0.25) is 0 Å². The average Bonchev–Trinajstić information content (AvgIpc) is 3.31. The second-order valence-corrected chi connectivity index (χ2v) is 7.69. The van der Waals surface area contributed by atoms with Gasteiger partial charge in [-0.3, -0.25) is 4.79 Å². The molecule has 0 spiro atoms. The molecule has 4 rings (SSSR count). The van der Waals surface area contributed by atoms with Gasteiger partial charge < -0.3 is 9.84 Å². The van der Waals surface area contributed by atoms with Crippen LogP contribution in [-0.4, -0.2) is 22.1 Å². The van der Waals surface area contributed by atoms with E-state index in [-0.39, 0.29) is 11.9 Å². The molecule has 3 aromatic heterocycles. The third kappa shape index (κ3) is 3.36. The molecule has 6 heteroatoms. The fraction of sp³-hybridized carbons (Fsp3) is 0.190. The topological polar surface area (TPSA) is 68.0 Å². The highest BCUT2D eigenvalue weighted by Crippen LogP contribution is 2.33. The summed E-state index contributed by atoms with van der Waals surface area (Å²) in [4.78, 5) is 18.5. The maximum Gasteiger partial charge on any atom is 0.259 e. The Morgan fingerprint density at radius 3 is 2.63 bits per heavy atom. The highest BCUT2D eigenvalue weighted by molar-refractivity contribution is 7.13. The molecule has 27 heavy (non-hydrogen) atoms. The minimum absolute atomic E-state index is 0.0218. The van der Waals surface area contributed by atoms with Crippen molar-refractivity contribution in [1.82, 2.24) is 15.5 Å². The first kappa shape index (κ1) is 17.4. The van der Waals surface area contributed by atoms with Crippen molar-refractivity contribution < 1.29 is 9.32 Å². The standard InChI is InChI=1S/C21H19N3O2S/c1-12(2)22-20(25)15-11-16(17-5-4-10-27-17)23-21-18(15)19(24-26-21)14-8-6-13(3)7-9-14/h4-12H,1-3H3,(H,22,25). The number of carbonyl (C=O) groups is 1. The summed E-state index contributed by atoms with van der Waals surface area (Å²) in [5.74, 6) is -0.160. The van der Waals surface area contributed by atoms with Gasteiger partial charge in [0.2, 0.25) is 0 Å². The fourth-order valence-electron chi connectivity index (χ4n) is 2.93. The Hall–Kier alpha value is -2.99. The van der Waals surface area contributed by atoms with Gasteiger partial charge in [0.15, 0.2) is 0 Å². The zero-order chi connectivity index (χ0) is 19.0. The van der Waals surface area contributed by atoms with Crippen LogP contribution in [0.25, 0.3) is 32.9 Å². The van der Waals surface area contributed by atoms with Crippen LogP contribution >= 0.6 is 11.3 Å². The van der Waals surface area contributed by atoms with Gasteiger partial charge in [-0.05, 0) is 38.3 Å². The first-order valence-corrected chi connectivity index (χ1v) is 9.63. The molecule has 0 aliphatic rings. The van der Waals surface area contributed by atoms with Crippen molar-refractivity contribution in [2.75, 3.05) is 0 Å². The molecule has 5 nitrogen and oxygen atoms in total. The molecule has 0 radical (unpaired) electrons. The lowest BCUT2D eigenvalue weighted by atomic mass is 10.0. The minimum atomic E-state index is -0.160. The zero-order valence-electron chi connectivity index (χ0n) is 15.3. The van der Waals surface area contributed by atoms with E-state index in [0.29, 0.717) is 28.1 Å². The highest BCUT2D eigenvalue weighted by atomic mass is 32.1. The fourth-order valence-corrected chi connectivity index (χ4v) is 3.62. The molecule has 1 N–H and O–H groups in total. The van der Waals surface area contributed by atoms with Crippen LogP contribution in [0.15, 0.2) is 52.4 Å². The number of pyridine rings is 1. The molecule has 0 saturated carbocycles. The van der Waals surface area contributed by atoms with Crippen molar-refractivity contribution in [1.29, 1.82) is 0 Å². The number of carbonyl (C=O) groups excluding carboxylic acids is 1. The number of nitrogens with zero attached hydrogens (tertiary/aromatic N) is 2. The molecule has 0 atom stereocenters. The molecule has 3 heterocycles. The summed E-state index contributed by atoms with van der Waals surface area (Å²) in [7, 11) is 0. The summed E-state index contributed by atoms with van der Waals surface area (Å²) in [6.45, 7) is 5.90. The van der Waals surface area contributed by atoms with Gasteiger partial charge in [0.05, 0.1) is 21.5 Å². The Balaban J connectivity index is 1.94. The first-order chi connectivity index (χ1) is 13.0. The number of nitrogens with one attached hydrogen (secondary N) is 1. The number of thiophene rings is 1. The molecule has 0 aliphatic carbocycles. The van der Waals surface area contributed by atoms with Gasteiger partial charge in [0.25, 0.3) is 11.6 Å². The third-order valence-corrected chi connectivity index (χ3v) is 5.10. The van der Waals surface area contributed by atoms with Crippen LogP contribution < -0.4 is 5.32 Å². The van der Waals surface area contributed by atoms with Crippen LogP contribution in [0.5, 0.6) is 0 Å². The van der Waals surface area contributed by atoms with Crippen molar-refractivity contribution in [2.24, 2.45) is 0 Å². The molecular weight excluding hydrogens is 358 g/mol. The quantitative estimate of drug-likeness (QED) is 0.539. The molecule has 1 aromatic carbocycles. The number of rotatable bonds is 4. The monoisotopic (exact) mass is 377 g/mol. The van der Waals surface area contributed by atoms with Crippen molar-refractivity contribution in [3.8, 4) is 21.8 Å². The van der Waals surface area contributed by atoms with Crippen LogP contribution in [0.1, 0.15) is 29.8 Å². The minimum Gasteiger partial charge on any atom is -0.350 e. The Bertz CT molecular complexity index is 1100. The molecule has 4 aromatic rings. The first-order valence-electron chi connectivity index (χ1n) is 8.75. The molecule has 0 saturated heterocycles. The van der Waals surface area contributed by atoms with E-state index in [2.05, 4.69) is 15.5 Å². The van der Waals surface area contributed by atoms with Gasteiger partial charge in [0, 0.05) is 11.6 Å². The number of benzene rings is 1. The van der Waals surface area contributed by atoms with Crippen molar-refractivity contribution in [2.45, 2.75) is 26.8 Å². The van der Waals surface area contributed by atoms with Gasteiger partial charge in [-0.25, -0.2) is 4.98 Å². The third-order valence-electron chi connectivity index (χ3n) is 4.21. The smallest absolute Gasteiger partial charge is 0.259 e. The molecule has 1 amide bonds.